The number of phosphoric ester groups is 1. The zero-order chi connectivity index (χ0) is 52.6. The minimum absolute atomic E-state index is 0.0768. The third kappa shape index (κ3) is 39.9. The number of aliphatic hydroxyl groups excluding tert-OH is 5. The SMILES string of the molecule is CCCCCCC/C=C\C/C=C\CCCCCCCCCCCCOCC(COP(=O)(O)OC1C(O)C(O)C(O)C(O)C1O)OC(=O)CCCCCCCCCCCCC/C=C\CCCCCCCCCC. The highest BCUT2D eigenvalue weighted by molar-refractivity contribution is 7.47. The maximum absolute atomic E-state index is 12.9. The molecule has 12 nitrogen and oxygen atoms in total. The van der Waals surface area contributed by atoms with Crippen molar-refractivity contribution in [1.29, 1.82) is 0 Å². The van der Waals surface area contributed by atoms with E-state index in [0.29, 0.717) is 13.0 Å². The van der Waals surface area contributed by atoms with Crippen LogP contribution < -0.4 is 0 Å². The molecule has 1 fully saturated rings. The summed E-state index contributed by atoms with van der Waals surface area (Å²) in [4.78, 5) is 23.3. The minimum Gasteiger partial charge on any atom is -0.457 e. The molecule has 1 rings (SSSR count). The summed E-state index contributed by atoms with van der Waals surface area (Å²) in [5.74, 6) is -0.475. The molecule has 0 radical (unpaired) electrons. The second kappa shape index (κ2) is 49.2. The zero-order valence-corrected chi connectivity index (χ0v) is 46.9. The van der Waals surface area contributed by atoms with Gasteiger partial charge in [0.25, 0.3) is 0 Å². The summed E-state index contributed by atoms with van der Waals surface area (Å²) in [5, 5.41) is 50.5. The first-order valence-electron chi connectivity index (χ1n) is 29.8. The Balaban J connectivity index is 2.27. The number of unbranched alkanes of at least 4 members (excludes halogenated alkanes) is 34. The lowest BCUT2D eigenvalue weighted by Crippen LogP contribution is -2.64. The number of esters is 1. The van der Waals surface area contributed by atoms with Gasteiger partial charge in [0.2, 0.25) is 0 Å². The first-order valence-corrected chi connectivity index (χ1v) is 31.3. The summed E-state index contributed by atoms with van der Waals surface area (Å²) >= 11 is 0. The van der Waals surface area contributed by atoms with Crippen LogP contribution in [0, 0.1) is 0 Å². The minimum atomic E-state index is -5.03. The fraction of sp³-hybridized carbons (Fsp3) is 0.881. The van der Waals surface area contributed by atoms with Crippen LogP contribution in [0.3, 0.4) is 0 Å². The third-order valence-electron chi connectivity index (χ3n) is 14.0. The van der Waals surface area contributed by atoms with Gasteiger partial charge in [-0.3, -0.25) is 13.8 Å². The predicted octanol–water partition coefficient (Wildman–Crippen LogP) is 14.5. The van der Waals surface area contributed by atoms with Gasteiger partial charge in [0.1, 0.15) is 42.7 Å². The Morgan fingerprint density at radius 2 is 0.778 bits per heavy atom. The van der Waals surface area contributed by atoms with Crippen molar-refractivity contribution < 1.29 is 58.3 Å². The molecule has 13 heteroatoms. The monoisotopic (exact) mass is 1040 g/mol. The van der Waals surface area contributed by atoms with Crippen LogP contribution in [0.1, 0.15) is 271 Å². The van der Waals surface area contributed by atoms with Gasteiger partial charge in [-0.15, -0.1) is 0 Å². The van der Waals surface area contributed by atoms with Gasteiger partial charge < -0.3 is 39.9 Å². The van der Waals surface area contributed by atoms with Crippen LogP contribution in [0.5, 0.6) is 0 Å². The van der Waals surface area contributed by atoms with Crippen molar-refractivity contribution in [3.63, 3.8) is 0 Å². The van der Waals surface area contributed by atoms with Crippen LogP contribution in [0.4, 0.5) is 0 Å². The molecule has 0 aromatic rings. The normalized spacial score (nSPS) is 20.8. The van der Waals surface area contributed by atoms with E-state index in [1.807, 2.05) is 0 Å². The van der Waals surface area contributed by atoms with Crippen molar-refractivity contribution in [3.05, 3.63) is 36.5 Å². The molecule has 0 aromatic heterocycles. The molecule has 1 aliphatic rings. The second-order valence-electron chi connectivity index (χ2n) is 20.8. The van der Waals surface area contributed by atoms with Gasteiger partial charge >= 0.3 is 13.8 Å². The standard InChI is InChI=1S/C59H111O12P/c1-3-5-7-9-11-13-15-17-19-21-23-25-27-28-30-32-34-36-38-40-42-44-46-48-53(60)70-52(51-69-72(66,67)71-59-57(64)55(62)54(61)56(63)58(59)65)50-68-49-47-45-43-41-39-37-35-33-31-29-26-24-22-20-18-16-14-12-10-8-6-4-2/h16,18,21-24,52,54-59,61-65H,3-15,17,19-20,25-51H2,1-2H3,(H,66,67)/b18-16-,23-21-,24-22-. The van der Waals surface area contributed by atoms with Crippen LogP contribution in [0.2, 0.25) is 0 Å². The average molecular weight is 1040 g/mol. The van der Waals surface area contributed by atoms with Gasteiger partial charge in [-0.1, -0.05) is 230 Å². The van der Waals surface area contributed by atoms with Crippen LogP contribution in [-0.2, 0) is 27.9 Å². The van der Waals surface area contributed by atoms with Crippen LogP contribution in [0.15, 0.2) is 36.5 Å². The third-order valence-corrected chi connectivity index (χ3v) is 15.0. The Morgan fingerprint density at radius 3 is 1.18 bits per heavy atom. The number of hydrogen-bond acceptors (Lipinski definition) is 11. The summed E-state index contributed by atoms with van der Waals surface area (Å²) in [6, 6.07) is 0. The first-order chi connectivity index (χ1) is 35.0. The Morgan fingerprint density at radius 1 is 0.444 bits per heavy atom. The van der Waals surface area contributed by atoms with E-state index < -0.39 is 63.1 Å². The summed E-state index contributed by atoms with van der Waals surface area (Å²) in [7, 11) is -5.03. The number of allylic oxidation sites excluding steroid dienone is 6. The van der Waals surface area contributed by atoms with E-state index in [0.717, 1.165) is 44.9 Å². The lowest BCUT2D eigenvalue weighted by atomic mass is 9.85. The van der Waals surface area contributed by atoms with Gasteiger partial charge in [-0.2, -0.15) is 0 Å². The molecule has 0 spiro atoms. The van der Waals surface area contributed by atoms with E-state index in [-0.39, 0.29) is 13.0 Å². The fourth-order valence-corrected chi connectivity index (χ4v) is 10.2. The van der Waals surface area contributed by atoms with Gasteiger partial charge in [0.05, 0.1) is 13.2 Å². The van der Waals surface area contributed by atoms with Crippen molar-refractivity contribution in [3.8, 4) is 0 Å². The molecular weight excluding hydrogens is 932 g/mol. The molecular formula is C59H111O12P. The topological polar surface area (TPSA) is 192 Å². The Bertz CT molecular complexity index is 1330. The molecule has 424 valence electrons. The fourth-order valence-electron chi connectivity index (χ4n) is 9.27. The van der Waals surface area contributed by atoms with E-state index in [2.05, 4.69) is 50.3 Å². The van der Waals surface area contributed by atoms with Crippen LogP contribution >= 0.6 is 7.82 Å². The predicted molar refractivity (Wildman–Crippen MR) is 295 cm³/mol. The van der Waals surface area contributed by atoms with E-state index >= 15 is 0 Å². The number of aliphatic hydroxyl groups is 5. The maximum Gasteiger partial charge on any atom is 0.472 e. The van der Waals surface area contributed by atoms with Crippen molar-refractivity contribution >= 4 is 13.8 Å². The quantitative estimate of drug-likeness (QED) is 0.0146. The summed E-state index contributed by atoms with van der Waals surface area (Å²) in [6.07, 6.45) is 49.3. The van der Waals surface area contributed by atoms with E-state index in [4.69, 9.17) is 18.5 Å². The lowest BCUT2D eigenvalue weighted by molar-refractivity contribution is -0.220. The molecule has 1 saturated carbocycles. The molecule has 0 heterocycles. The Kier molecular flexibility index (Phi) is 46.8. The average Bonchev–Trinajstić information content (AvgIpc) is 3.37. The summed E-state index contributed by atoms with van der Waals surface area (Å²) < 4.78 is 34.4. The number of carbonyl (C=O) groups is 1. The van der Waals surface area contributed by atoms with Crippen molar-refractivity contribution in [2.75, 3.05) is 19.8 Å². The smallest absolute Gasteiger partial charge is 0.457 e. The van der Waals surface area contributed by atoms with Gasteiger partial charge in [-0.25, -0.2) is 4.57 Å². The second-order valence-corrected chi connectivity index (χ2v) is 22.2. The Labute approximate surface area is 440 Å². The van der Waals surface area contributed by atoms with Crippen molar-refractivity contribution in [1.82, 2.24) is 0 Å². The molecule has 0 saturated heterocycles. The molecule has 0 aromatic carbocycles. The zero-order valence-electron chi connectivity index (χ0n) is 46.0. The van der Waals surface area contributed by atoms with Gasteiger partial charge in [0, 0.05) is 13.0 Å². The van der Waals surface area contributed by atoms with Gasteiger partial charge in [-0.05, 0) is 70.6 Å². The lowest BCUT2D eigenvalue weighted by Gasteiger charge is -2.41. The molecule has 6 unspecified atom stereocenters. The Hall–Kier alpha value is -1.44. The molecule has 0 aliphatic heterocycles. The van der Waals surface area contributed by atoms with Crippen molar-refractivity contribution in [2.24, 2.45) is 0 Å². The molecule has 1 aliphatic carbocycles. The molecule has 6 atom stereocenters. The van der Waals surface area contributed by atoms with E-state index in [1.165, 1.54) is 199 Å². The molecule has 6 N–H and O–H groups in total. The summed E-state index contributed by atoms with van der Waals surface area (Å²) in [6.45, 7) is 4.29. The van der Waals surface area contributed by atoms with E-state index in [9.17, 15) is 39.8 Å². The largest absolute Gasteiger partial charge is 0.472 e. The summed E-state index contributed by atoms with van der Waals surface area (Å²) in [5.41, 5.74) is 0. The van der Waals surface area contributed by atoms with Crippen LogP contribution in [0.25, 0.3) is 0 Å². The molecule has 72 heavy (non-hydrogen) atoms. The molecule has 0 bridgehead atoms. The van der Waals surface area contributed by atoms with Crippen molar-refractivity contribution in [2.45, 2.75) is 313 Å². The first kappa shape index (κ1) is 68.6. The number of ether oxygens (including phenoxy) is 2. The highest BCUT2D eigenvalue weighted by atomic mass is 31.2. The van der Waals surface area contributed by atoms with Crippen LogP contribution in [-0.4, -0.2) is 98.9 Å². The highest BCUT2D eigenvalue weighted by Crippen LogP contribution is 2.47. The molecule has 0 amide bonds. The van der Waals surface area contributed by atoms with Gasteiger partial charge in [0.15, 0.2) is 0 Å². The number of phosphoric acid groups is 1. The van der Waals surface area contributed by atoms with E-state index in [1.54, 1.807) is 0 Å². The number of rotatable bonds is 52. The number of carbonyl (C=O) groups excluding carboxylic acids is 1. The maximum atomic E-state index is 12.9. The number of hydrogen-bond donors (Lipinski definition) is 6. The highest BCUT2D eigenvalue weighted by Gasteiger charge is 2.51.